The number of hydrogen-bond acceptors (Lipinski definition) is 3. The average molecular weight is 364 g/mol. The van der Waals surface area contributed by atoms with E-state index in [0.717, 1.165) is 26.7 Å². The number of nitrogens with zero attached hydrogens (tertiary/aromatic N) is 1. The Morgan fingerprint density at radius 3 is 2.67 bits per heavy atom. The molecule has 0 saturated carbocycles. The zero-order valence-electron chi connectivity index (χ0n) is 11.2. The van der Waals surface area contributed by atoms with Gasteiger partial charge in [-0.05, 0) is 36.8 Å². The summed E-state index contributed by atoms with van der Waals surface area (Å²) in [5.41, 5.74) is 9.53. The third-order valence-corrected chi connectivity index (χ3v) is 3.95. The minimum Gasteiger partial charge on any atom is -0.380 e. The molecule has 0 aliphatic carbocycles. The van der Waals surface area contributed by atoms with Crippen molar-refractivity contribution in [3.8, 4) is 22.5 Å². The summed E-state index contributed by atoms with van der Waals surface area (Å²) in [5, 5.41) is 4.51. The van der Waals surface area contributed by atoms with E-state index in [2.05, 4.69) is 21.1 Å². The number of anilines is 1. The quantitative estimate of drug-likeness (QED) is 0.671. The van der Waals surface area contributed by atoms with E-state index < -0.39 is 0 Å². The van der Waals surface area contributed by atoms with Crippen LogP contribution in [0.15, 0.2) is 51.5 Å². The van der Waals surface area contributed by atoms with Crippen LogP contribution in [0.2, 0.25) is 5.02 Å². The minimum absolute atomic E-state index is 0.329. The zero-order valence-corrected chi connectivity index (χ0v) is 13.6. The Kier molecular flexibility index (Phi) is 3.74. The second-order valence-electron chi connectivity index (χ2n) is 4.77. The van der Waals surface area contributed by atoms with Crippen LogP contribution in [-0.4, -0.2) is 5.16 Å². The molecule has 2 N–H and O–H groups in total. The van der Waals surface area contributed by atoms with E-state index in [9.17, 15) is 0 Å². The number of aromatic nitrogens is 1. The van der Waals surface area contributed by atoms with Gasteiger partial charge < -0.3 is 10.3 Å². The molecule has 0 atom stereocenters. The largest absolute Gasteiger partial charge is 0.380 e. The molecule has 3 nitrogen and oxygen atoms in total. The van der Waals surface area contributed by atoms with Crippen LogP contribution < -0.4 is 5.73 Å². The lowest BCUT2D eigenvalue weighted by Gasteiger charge is -2.06. The van der Waals surface area contributed by atoms with Crippen molar-refractivity contribution in [1.82, 2.24) is 5.16 Å². The molecule has 106 valence electrons. The average Bonchev–Trinajstić information content (AvgIpc) is 2.80. The summed E-state index contributed by atoms with van der Waals surface area (Å²) in [5.74, 6) is 0.945. The minimum atomic E-state index is 0.329. The van der Waals surface area contributed by atoms with E-state index in [1.54, 1.807) is 0 Å². The number of aryl methyl sites for hydroxylation is 1. The van der Waals surface area contributed by atoms with Gasteiger partial charge in [0.1, 0.15) is 0 Å². The van der Waals surface area contributed by atoms with Gasteiger partial charge in [0, 0.05) is 20.6 Å². The van der Waals surface area contributed by atoms with Gasteiger partial charge in [-0.15, -0.1) is 0 Å². The number of halogens is 2. The molecule has 1 aromatic heterocycles. The van der Waals surface area contributed by atoms with Gasteiger partial charge in [0.2, 0.25) is 0 Å². The molecule has 3 aromatic rings. The molecule has 0 bridgehead atoms. The van der Waals surface area contributed by atoms with E-state index in [-0.39, 0.29) is 0 Å². The molecule has 0 radical (unpaired) electrons. The lowest BCUT2D eigenvalue weighted by atomic mass is 10.0. The van der Waals surface area contributed by atoms with Crippen molar-refractivity contribution < 1.29 is 4.52 Å². The maximum Gasteiger partial charge on any atom is 0.177 e. The smallest absolute Gasteiger partial charge is 0.177 e. The first kappa shape index (κ1) is 14.2. The fourth-order valence-corrected chi connectivity index (χ4v) is 3.13. The summed E-state index contributed by atoms with van der Waals surface area (Å²) in [7, 11) is 0. The van der Waals surface area contributed by atoms with Gasteiger partial charge in [0.25, 0.3) is 0 Å². The second-order valence-corrected chi connectivity index (χ2v) is 6.09. The molecule has 5 heteroatoms. The fraction of sp³-hybridized carbons (Fsp3) is 0.0625. The van der Waals surface area contributed by atoms with E-state index in [1.807, 2.05) is 49.4 Å². The SMILES string of the molecule is Cc1cc(Br)cc(-c2onc(N)c2-c2ccccc2Cl)c1. The lowest BCUT2D eigenvalue weighted by molar-refractivity contribution is 0.436. The normalized spacial score (nSPS) is 10.8. The molecule has 3 rings (SSSR count). The first-order valence-electron chi connectivity index (χ1n) is 6.34. The van der Waals surface area contributed by atoms with Gasteiger partial charge in [0.15, 0.2) is 11.6 Å². The van der Waals surface area contributed by atoms with Crippen LogP contribution in [0.1, 0.15) is 5.56 Å². The third kappa shape index (κ3) is 2.69. The van der Waals surface area contributed by atoms with Crippen molar-refractivity contribution in [1.29, 1.82) is 0 Å². The molecular weight excluding hydrogens is 352 g/mol. The summed E-state index contributed by atoms with van der Waals surface area (Å²) in [6.45, 7) is 2.02. The third-order valence-electron chi connectivity index (χ3n) is 3.17. The predicted molar refractivity (Wildman–Crippen MR) is 89.2 cm³/mol. The molecule has 0 aliphatic heterocycles. The zero-order chi connectivity index (χ0) is 15.0. The number of nitrogens with two attached hydrogens (primary N) is 1. The Bertz CT molecular complexity index is 794. The summed E-state index contributed by atoms with van der Waals surface area (Å²) in [6, 6.07) is 13.5. The van der Waals surface area contributed by atoms with Crippen molar-refractivity contribution in [2.45, 2.75) is 6.92 Å². The highest BCUT2D eigenvalue weighted by Crippen LogP contribution is 2.40. The summed E-state index contributed by atoms with van der Waals surface area (Å²) >= 11 is 9.77. The van der Waals surface area contributed by atoms with Gasteiger partial charge in [-0.2, -0.15) is 0 Å². The maximum atomic E-state index is 6.28. The van der Waals surface area contributed by atoms with E-state index in [0.29, 0.717) is 16.6 Å². The molecule has 21 heavy (non-hydrogen) atoms. The van der Waals surface area contributed by atoms with Crippen LogP contribution in [0.4, 0.5) is 5.82 Å². The van der Waals surface area contributed by atoms with Crippen LogP contribution >= 0.6 is 27.5 Å². The first-order valence-corrected chi connectivity index (χ1v) is 7.51. The number of hydrogen-bond donors (Lipinski definition) is 1. The Morgan fingerprint density at radius 1 is 1.19 bits per heavy atom. The molecule has 0 unspecified atom stereocenters. The molecule has 0 fully saturated rings. The van der Waals surface area contributed by atoms with Gasteiger partial charge in [0.05, 0.1) is 5.56 Å². The van der Waals surface area contributed by atoms with Gasteiger partial charge >= 0.3 is 0 Å². The van der Waals surface area contributed by atoms with Crippen LogP contribution in [0.5, 0.6) is 0 Å². The van der Waals surface area contributed by atoms with Gasteiger partial charge in [-0.25, -0.2) is 0 Å². The number of nitrogen functional groups attached to an aromatic ring is 1. The van der Waals surface area contributed by atoms with Crippen LogP contribution in [0, 0.1) is 6.92 Å². The van der Waals surface area contributed by atoms with Crippen molar-refractivity contribution >= 4 is 33.3 Å². The van der Waals surface area contributed by atoms with Crippen molar-refractivity contribution in [3.05, 3.63) is 57.5 Å². The lowest BCUT2D eigenvalue weighted by Crippen LogP contribution is -1.90. The Balaban J connectivity index is 2.24. The maximum absolute atomic E-state index is 6.28. The van der Waals surface area contributed by atoms with Crippen LogP contribution in [-0.2, 0) is 0 Å². The molecule has 0 amide bonds. The summed E-state index contributed by atoms with van der Waals surface area (Å²) in [6.07, 6.45) is 0. The highest BCUT2D eigenvalue weighted by Gasteiger charge is 2.19. The Morgan fingerprint density at radius 2 is 1.95 bits per heavy atom. The highest BCUT2D eigenvalue weighted by molar-refractivity contribution is 9.10. The topological polar surface area (TPSA) is 52.0 Å². The molecule has 0 saturated heterocycles. The number of rotatable bonds is 2. The van der Waals surface area contributed by atoms with Crippen molar-refractivity contribution in [2.75, 3.05) is 5.73 Å². The van der Waals surface area contributed by atoms with E-state index in [1.165, 1.54) is 0 Å². The Labute approximate surface area is 135 Å². The van der Waals surface area contributed by atoms with E-state index in [4.69, 9.17) is 21.9 Å². The summed E-state index contributed by atoms with van der Waals surface area (Å²) in [4.78, 5) is 0. The monoisotopic (exact) mass is 362 g/mol. The Hall–Kier alpha value is -1.78. The molecule has 0 aliphatic rings. The first-order chi connectivity index (χ1) is 10.1. The van der Waals surface area contributed by atoms with Crippen molar-refractivity contribution in [3.63, 3.8) is 0 Å². The number of benzene rings is 2. The summed E-state index contributed by atoms with van der Waals surface area (Å²) < 4.78 is 6.42. The molecular formula is C16H12BrClN2O. The van der Waals surface area contributed by atoms with Crippen molar-refractivity contribution in [2.24, 2.45) is 0 Å². The molecule has 1 heterocycles. The standard InChI is InChI=1S/C16H12BrClN2O/c1-9-6-10(8-11(17)7-9)15-14(16(19)20-21-15)12-4-2-3-5-13(12)18/h2-8H,1H3,(H2,19,20). The van der Waals surface area contributed by atoms with Crippen LogP contribution in [0.3, 0.4) is 0 Å². The van der Waals surface area contributed by atoms with Crippen LogP contribution in [0.25, 0.3) is 22.5 Å². The highest BCUT2D eigenvalue weighted by atomic mass is 79.9. The fourth-order valence-electron chi connectivity index (χ4n) is 2.29. The predicted octanol–water partition coefficient (Wildman–Crippen LogP) is 5.32. The van der Waals surface area contributed by atoms with Gasteiger partial charge in [-0.1, -0.05) is 50.9 Å². The molecule has 2 aromatic carbocycles. The molecule has 0 spiro atoms. The van der Waals surface area contributed by atoms with E-state index >= 15 is 0 Å². The van der Waals surface area contributed by atoms with Gasteiger partial charge in [-0.3, -0.25) is 0 Å². The second kappa shape index (κ2) is 5.54.